The van der Waals surface area contributed by atoms with Gasteiger partial charge in [-0.1, -0.05) is 0 Å². The first kappa shape index (κ1) is 11.4. The minimum Gasteiger partial charge on any atom is -0.424 e. The monoisotopic (exact) mass is 230 g/mol. The molecule has 1 heterocycles. The predicted molar refractivity (Wildman–Crippen MR) is 35.2 cm³/mol. The minimum absolute atomic E-state index is 0.383. The molecular weight excluding hydrogens is 227 g/mol. The third kappa shape index (κ3) is 2.22. The molecule has 0 atom stereocenters. The lowest BCUT2D eigenvalue weighted by atomic mass is 10.3. The lowest BCUT2D eigenvalue weighted by molar-refractivity contribution is -0.143. The number of hydrogen-bond acceptors (Lipinski definition) is 3. The summed E-state index contributed by atoms with van der Waals surface area (Å²) in [5.74, 6) is -1.30. The Morgan fingerprint density at radius 3 is 2.40 bits per heavy atom. The van der Waals surface area contributed by atoms with Crippen LogP contribution in [0.5, 0.6) is 5.75 Å². The van der Waals surface area contributed by atoms with Gasteiger partial charge in [-0.2, -0.15) is 18.3 Å². The molecule has 0 bridgehead atoms. The van der Waals surface area contributed by atoms with Crippen LogP contribution in [-0.2, 0) is 11.0 Å². The molecule has 0 aromatic carbocycles. The molecule has 1 aromatic rings. The van der Waals surface area contributed by atoms with Gasteiger partial charge < -0.3 is 4.74 Å². The van der Waals surface area contributed by atoms with E-state index >= 15 is 0 Å². The first-order valence-corrected chi connectivity index (χ1v) is 3.41. The molecular formula is C6H3F5N2O2. The zero-order chi connectivity index (χ0) is 11.6. The van der Waals surface area contributed by atoms with Crippen LogP contribution in [0.4, 0.5) is 22.0 Å². The number of nitrogens with one attached hydrogen (secondary N) is 1. The van der Waals surface area contributed by atoms with E-state index in [0.29, 0.717) is 0 Å². The topological polar surface area (TPSA) is 55.0 Å². The molecule has 0 unspecified atom stereocenters. The van der Waals surface area contributed by atoms with Gasteiger partial charge >= 0.3 is 6.18 Å². The second kappa shape index (κ2) is 3.83. The second-order valence-corrected chi connectivity index (χ2v) is 2.33. The molecule has 0 saturated carbocycles. The molecule has 84 valence electrons. The van der Waals surface area contributed by atoms with Gasteiger partial charge in [0, 0.05) is 0 Å². The highest BCUT2D eigenvalue weighted by Crippen LogP contribution is 2.39. The quantitative estimate of drug-likeness (QED) is 0.637. The molecule has 0 amide bonds. The fraction of sp³-hybridized carbons (Fsp3) is 0.333. The maximum Gasteiger partial charge on any atom is 0.436 e. The SMILES string of the molecule is O=COc1c(C(F)F)n[nH]c1C(F)(F)F. The molecule has 0 spiro atoms. The van der Waals surface area contributed by atoms with Crippen LogP contribution in [0.2, 0.25) is 0 Å². The molecule has 0 aliphatic heterocycles. The number of hydrogen-bond donors (Lipinski definition) is 1. The minimum atomic E-state index is -4.95. The molecule has 0 aliphatic rings. The number of aromatic nitrogens is 2. The van der Waals surface area contributed by atoms with Gasteiger partial charge in [-0.25, -0.2) is 8.78 Å². The van der Waals surface area contributed by atoms with Gasteiger partial charge in [0.2, 0.25) is 0 Å². The Labute approximate surface area is 79.0 Å². The fourth-order valence-electron chi connectivity index (χ4n) is 0.853. The summed E-state index contributed by atoms with van der Waals surface area (Å²) >= 11 is 0. The standard InChI is InChI=1S/C6H3F5N2O2/c7-5(8)2-3(15-1-14)4(13-12-2)6(9,10)11/h1,5H,(H,12,13). The normalized spacial score (nSPS) is 11.9. The Balaban J connectivity index is 3.23. The van der Waals surface area contributed by atoms with Crippen molar-refractivity contribution in [1.29, 1.82) is 0 Å². The average molecular weight is 230 g/mol. The second-order valence-electron chi connectivity index (χ2n) is 2.33. The van der Waals surface area contributed by atoms with E-state index in [1.807, 2.05) is 0 Å². The van der Waals surface area contributed by atoms with Crippen LogP contribution in [-0.4, -0.2) is 16.7 Å². The highest BCUT2D eigenvalue weighted by molar-refractivity contribution is 5.49. The number of nitrogens with zero attached hydrogens (tertiary/aromatic N) is 1. The summed E-state index contributed by atoms with van der Waals surface area (Å²) in [4.78, 5) is 9.85. The average Bonchev–Trinajstić information content (AvgIpc) is 2.47. The van der Waals surface area contributed by atoms with Crippen molar-refractivity contribution in [3.63, 3.8) is 0 Å². The Morgan fingerprint density at radius 1 is 1.40 bits per heavy atom. The molecule has 0 fully saturated rings. The van der Waals surface area contributed by atoms with Crippen LogP contribution >= 0.6 is 0 Å². The lowest BCUT2D eigenvalue weighted by Crippen LogP contribution is -2.08. The number of carbonyl (C=O) groups is 1. The lowest BCUT2D eigenvalue weighted by Gasteiger charge is -2.05. The Kier molecular flexibility index (Phi) is 2.91. The number of H-pyrrole nitrogens is 1. The van der Waals surface area contributed by atoms with E-state index in [-0.39, 0.29) is 6.47 Å². The molecule has 0 radical (unpaired) electrons. The third-order valence-corrected chi connectivity index (χ3v) is 1.40. The van der Waals surface area contributed by atoms with Crippen LogP contribution < -0.4 is 4.74 Å². The molecule has 15 heavy (non-hydrogen) atoms. The van der Waals surface area contributed by atoms with Crippen molar-refractivity contribution < 1.29 is 31.5 Å². The van der Waals surface area contributed by atoms with Crippen molar-refractivity contribution in [3.8, 4) is 5.75 Å². The molecule has 0 aliphatic carbocycles. The Hall–Kier alpha value is -1.67. The zero-order valence-electron chi connectivity index (χ0n) is 6.81. The Morgan fingerprint density at radius 2 is 2.00 bits per heavy atom. The van der Waals surface area contributed by atoms with E-state index in [4.69, 9.17) is 0 Å². The highest BCUT2D eigenvalue weighted by atomic mass is 19.4. The molecule has 1 N–H and O–H groups in total. The zero-order valence-corrected chi connectivity index (χ0v) is 6.81. The van der Waals surface area contributed by atoms with E-state index in [2.05, 4.69) is 9.84 Å². The van der Waals surface area contributed by atoms with Crippen LogP contribution in [0.15, 0.2) is 0 Å². The van der Waals surface area contributed by atoms with E-state index < -0.39 is 29.7 Å². The van der Waals surface area contributed by atoms with E-state index in [1.54, 1.807) is 0 Å². The third-order valence-electron chi connectivity index (χ3n) is 1.40. The Bertz CT molecular complexity index is 359. The first-order chi connectivity index (χ1) is 6.88. The molecule has 4 nitrogen and oxygen atoms in total. The largest absolute Gasteiger partial charge is 0.436 e. The summed E-state index contributed by atoms with van der Waals surface area (Å²) in [7, 11) is 0. The summed E-state index contributed by atoms with van der Waals surface area (Å²) in [6.45, 7) is -0.383. The summed E-state index contributed by atoms with van der Waals surface area (Å²) in [6.07, 6.45) is -8.22. The highest BCUT2D eigenvalue weighted by Gasteiger charge is 2.40. The van der Waals surface area contributed by atoms with Gasteiger partial charge in [-0.05, 0) is 0 Å². The van der Waals surface area contributed by atoms with E-state index in [0.717, 1.165) is 0 Å². The van der Waals surface area contributed by atoms with Gasteiger partial charge in [0.15, 0.2) is 17.1 Å². The van der Waals surface area contributed by atoms with E-state index in [1.165, 1.54) is 5.10 Å². The molecule has 1 rings (SSSR count). The van der Waals surface area contributed by atoms with Gasteiger partial charge in [0.1, 0.15) is 0 Å². The van der Waals surface area contributed by atoms with Crippen molar-refractivity contribution in [2.45, 2.75) is 12.6 Å². The van der Waals surface area contributed by atoms with Crippen LogP contribution in [0.25, 0.3) is 0 Å². The summed E-state index contributed by atoms with van der Waals surface area (Å²) in [5.41, 5.74) is -2.88. The summed E-state index contributed by atoms with van der Waals surface area (Å²) in [5, 5.41) is 4.06. The van der Waals surface area contributed by atoms with Crippen LogP contribution in [0, 0.1) is 0 Å². The number of ether oxygens (including phenoxy) is 1. The molecule has 9 heteroatoms. The number of alkyl halides is 5. The maximum atomic E-state index is 12.1. The summed E-state index contributed by atoms with van der Waals surface area (Å²) < 4.78 is 64.4. The van der Waals surface area contributed by atoms with Crippen molar-refractivity contribution in [2.75, 3.05) is 0 Å². The molecule has 0 saturated heterocycles. The molecule has 1 aromatic heterocycles. The number of carbonyl (C=O) groups excluding carboxylic acids is 1. The first-order valence-electron chi connectivity index (χ1n) is 3.41. The van der Waals surface area contributed by atoms with Gasteiger partial charge in [-0.15, -0.1) is 0 Å². The summed E-state index contributed by atoms with van der Waals surface area (Å²) in [6, 6.07) is 0. The number of halogens is 5. The van der Waals surface area contributed by atoms with Gasteiger partial charge in [0.05, 0.1) is 0 Å². The van der Waals surface area contributed by atoms with E-state index in [9.17, 15) is 26.7 Å². The van der Waals surface area contributed by atoms with Crippen LogP contribution in [0.3, 0.4) is 0 Å². The van der Waals surface area contributed by atoms with Gasteiger partial charge in [-0.3, -0.25) is 9.89 Å². The number of aromatic amines is 1. The fourth-order valence-corrected chi connectivity index (χ4v) is 0.853. The smallest absolute Gasteiger partial charge is 0.424 e. The van der Waals surface area contributed by atoms with Crippen molar-refractivity contribution in [3.05, 3.63) is 11.4 Å². The predicted octanol–water partition coefficient (Wildman–Crippen LogP) is 1.90. The van der Waals surface area contributed by atoms with Crippen LogP contribution in [0.1, 0.15) is 17.8 Å². The van der Waals surface area contributed by atoms with Crippen molar-refractivity contribution in [1.82, 2.24) is 10.2 Å². The maximum absolute atomic E-state index is 12.1. The number of rotatable bonds is 3. The van der Waals surface area contributed by atoms with Crippen molar-refractivity contribution in [2.24, 2.45) is 0 Å². The van der Waals surface area contributed by atoms with Gasteiger partial charge in [0.25, 0.3) is 12.9 Å². The van der Waals surface area contributed by atoms with Crippen molar-refractivity contribution >= 4 is 6.47 Å².